The zero-order chi connectivity index (χ0) is 23.7. The number of rotatable bonds is 0. The largest absolute Gasteiger partial charge is 0.316 e. The van der Waals surface area contributed by atoms with Crippen LogP contribution in [0.5, 0.6) is 0 Å². The van der Waals surface area contributed by atoms with Crippen LogP contribution >= 0.6 is 0 Å². The maximum absolute atomic E-state index is 13.1. The lowest BCUT2D eigenvalue weighted by Crippen LogP contribution is -2.06. The Labute approximate surface area is 170 Å². The number of benzene rings is 2. The molecule has 2 aliphatic rings. The van der Waals surface area contributed by atoms with E-state index >= 15 is 0 Å². The van der Waals surface area contributed by atoms with Crippen molar-refractivity contribution in [3.05, 3.63) is 47.3 Å². The lowest BCUT2D eigenvalue weighted by atomic mass is 10.3. The molecule has 0 N–H and O–H groups in total. The predicted molar refractivity (Wildman–Crippen MR) is 83.6 cm³/mol. The van der Waals surface area contributed by atoms with Gasteiger partial charge in [0.1, 0.15) is 15.6 Å². The van der Waals surface area contributed by atoms with Gasteiger partial charge in [0.2, 0.25) is 0 Å². The molecule has 0 radical (unpaired) electrons. The zero-order valence-electron chi connectivity index (χ0n) is 13.8. The molecule has 0 aliphatic carbocycles. The summed E-state index contributed by atoms with van der Waals surface area (Å²) < 4.78 is 160. The number of hydrogen-bond acceptors (Lipinski definition) is 10. The average Bonchev–Trinajstić information content (AvgIpc) is 2.92. The van der Waals surface area contributed by atoms with Crippen molar-refractivity contribution in [2.24, 2.45) is 0 Å². The summed E-state index contributed by atoms with van der Waals surface area (Å²) in [5, 5.41) is 0. The minimum absolute atomic E-state index is 0.529. The Morgan fingerprint density at radius 2 is 0.903 bits per heavy atom. The summed E-state index contributed by atoms with van der Waals surface area (Å²) in [4.78, 5) is -4.92. The second kappa shape index (κ2) is 6.90. The number of halogens is 5. The fraction of sp³-hybridized carbons (Fsp3) is 0. The molecule has 0 unspecified atom stereocenters. The summed E-state index contributed by atoms with van der Waals surface area (Å²) in [7, 11) is -19.1. The van der Waals surface area contributed by atoms with Crippen LogP contribution in [-0.2, 0) is 47.7 Å². The highest BCUT2D eigenvalue weighted by Gasteiger charge is 2.48. The van der Waals surface area contributed by atoms with Gasteiger partial charge in [-0.15, -0.1) is 7.26 Å². The molecule has 31 heavy (non-hydrogen) atoms. The van der Waals surface area contributed by atoms with Gasteiger partial charge in [-0.1, -0.05) is 0 Å². The van der Waals surface area contributed by atoms with E-state index in [0.29, 0.717) is 6.07 Å². The molecule has 4 rings (SSSR count). The van der Waals surface area contributed by atoms with Gasteiger partial charge in [-0.25, -0.2) is 22.0 Å². The minimum atomic E-state index is -5.22. The van der Waals surface area contributed by atoms with E-state index in [4.69, 9.17) is 0 Å². The summed E-state index contributed by atoms with van der Waals surface area (Å²) in [6.45, 7) is 0. The monoisotopic (exact) mass is 530 g/mol. The SMILES string of the molecule is O=S1(=O)OS(=O)(=O)c2c(F)c(F)c(F)c(F)c21.O=S1(=O)OS(=O)(=O)c2cc(F)ccc21. The lowest BCUT2D eigenvalue weighted by Gasteiger charge is -2.01. The van der Waals surface area contributed by atoms with Crippen molar-refractivity contribution < 1.29 is 62.9 Å². The molecule has 170 valence electrons. The summed E-state index contributed by atoms with van der Waals surface area (Å²) in [5.41, 5.74) is 0. The lowest BCUT2D eigenvalue weighted by molar-refractivity contribution is 0.381. The number of hydrogen-bond donors (Lipinski definition) is 0. The molecule has 0 aromatic heterocycles. The molecule has 2 heterocycles. The van der Waals surface area contributed by atoms with Gasteiger partial charge in [0, 0.05) is 0 Å². The molecule has 2 aromatic rings. The fourth-order valence-electron chi connectivity index (χ4n) is 2.30. The van der Waals surface area contributed by atoms with Crippen LogP contribution in [0.3, 0.4) is 0 Å². The molecule has 0 saturated carbocycles. The van der Waals surface area contributed by atoms with Crippen molar-refractivity contribution in [2.75, 3.05) is 0 Å². The minimum Gasteiger partial charge on any atom is -0.207 e. The molecule has 2 aliphatic heterocycles. The summed E-state index contributed by atoms with van der Waals surface area (Å²) in [5.74, 6) is -10.4. The van der Waals surface area contributed by atoms with E-state index in [0.717, 1.165) is 12.1 Å². The molecule has 0 bridgehead atoms. The van der Waals surface area contributed by atoms with Crippen LogP contribution < -0.4 is 0 Å². The van der Waals surface area contributed by atoms with Crippen molar-refractivity contribution in [2.45, 2.75) is 19.6 Å². The van der Waals surface area contributed by atoms with E-state index < -0.39 is 89.1 Å². The van der Waals surface area contributed by atoms with Gasteiger partial charge in [0.15, 0.2) is 33.1 Å². The van der Waals surface area contributed by atoms with Gasteiger partial charge >= 0.3 is 40.5 Å². The Hall–Kier alpha value is -2.19. The average molecular weight is 530 g/mol. The van der Waals surface area contributed by atoms with Crippen molar-refractivity contribution >= 4 is 40.5 Å². The highest BCUT2D eigenvalue weighted by atomic mass is 32.3. The predicted octanol–water partition coefficient (Wildman–Crippen LogP) is 0.884. The Morgan fingerprint density at radius 3 is 1.35 bits per heavy atom. The van der Waals surface area contributed by atoms with Crippen LogP contribution in [0.25, 0.3) is 0 Å². The topological polar surface area (TPSA) is 155 Å². The fourth-order valence-corrected chi connectivity index (χ4v) is 8.90. The molecular formula is C12H3F5O10S4. The van der Waals surface area contributed by atoms with Gasteiger partial charge in [0.25, 0.3) is 0 Å². The highest BCUT2D eigenvalue weighted by molar-refractivity contribution is 8.03. The first-order valence-corrected chi connectivity index (χ1v) is 12.6. The van der Waals surface area contributed by atoms with E-state index in [1.165, 1.54) is 0 Å². The van der Waals surface area contributed by atoms with Crippen molar-refractivity contribution in [3.8, 4) is 0 Å². The maximum Gasteiger partial charge on any atom is 0.316 e. The zero-order valence-corrected chi connectivity index (χ0v) is 17.1. The van der Waals surface area contributed by atoms with E-state index in [-0.39, 0.29) is 0 Å². The normalized spacial score (nSPS) is 20.9. The van der Waals surface area contributed by atoms with E-state index in [2.05, 4.69) is 7.26 Å². The third-order valence-electron chi connectivity index (χ3n) is 3.49. The van der Waals surface area contributed by atoms with E-state index in [9.17, 15) is 55.6 Å². The first-order chi connectivity index (χ1) is 13.9. The standard InChI is InChI=1S/C6F4O5S2.C6H3FO5S2/c7-1-2(8)4(10)6-5(3(1)9)16(11,12)15-17(6,13)14;7-4-1-2-5-6(3-4)14(10,11)12-13(5,8)9/h;1-3H. The van der Waals surface area contributed by atoms with Gasteiger partial charge in [-0.3, -0.25) is 0 Å². The molecule has 0 amide bonds. The van der Waals surface area contributed by atoms with Gasteiger partial charge < -0.3 is 0 Å². The van der Waals surface area contributed by atoms with Crippen molar-refractivity contribution in [1.82, 2.24) is 0 Å². The first kappa shape index (κ1) is 23.5. The summed E-state index contributed by atoms with van der Waals surface area (Å²) in [6.07, 6.45) is 0. The van der Waals surface area contributed by atoms with Crippen LogP contribution in [0.4, 0.5) is 22.0 Å². The smallest absolute Gasteiger partial charge is 0.207 e. The van der Waals surface area contributed by atoms with Crippen LogP contribution in [0.2, 0.25) is 0 Å². The molecule has 0 fully saturated rings. The van der Waals surface area contributed by atoms with Crippen LogP contribution in [0.1, 0.15) is 0 Å². The third kappa shape index (κ3) is 3.69. The molecule has 0 saturated heterocycles. The molecule has 19 heteroatoms. The van der Waals surface area contributed by atoms with E-state index in [1.807, 2.05) is 0 Å². The van der Waals surface area contributed by atoms with E-state index in [1.54, 1.807) is 0 Å². The summed E-state index contributed by atoms with van der Waals surface area (Å²) in [6, 6.07) is 2.31. The Kier molecular flexibility index (Phi) is 5.23. The second-order valence-corrected chi connectivity index (χ2v) is 11.9. The van der Waals surface area contributed by atoms with Crippen molar-refractivity contribution in [3.63, 3.8) is 0 Å². The Bertz CT molecular complexity index is 1520. The van der Waals surface area contributed by atoms with Gasteiger partial charge in [0.05, 0.1) is 0 Å². The molecule has 0 atom stereocenters. The second-order valence-electron chi connectivity index (χ2n) is 5.46. The maximum atomic E-state index is 13.1. The van der Waals surface area contributed by atoms with Gasteiger partial charge in [-0.05, 0) is 18.2 Å². The highest BCUT2D eigenvalue weighted by Crippen LogP contribution is 2.39. The third-order valence-corrected chi connectivity index (χ3v) is 10.1. The summed E-state index contributed by atoms with van der Waals surface area (Å²) >= 11 is 0. The van der Waals surface area contributed by atoms with Crippen LogP contribution in [0, 0.1) is 29.1 Å². The quantitative estimate of drug-likeness (QED) is 0.272. The van der Waals surface area contributed by atoms with Crippen LogP contribution in [0.15, 0.2) is 37.8 Å². The molecular weight excluding hydrogens is 527 g/mol. The Morgan fingerprint density at radius 1 is 0.516 bits per heavy atom. The Balaban J connectivity index is 0.000000179. The number of fused-ring (bicyclic) bond motifs is 2. The van der Waals surface area contributed by atoms with Gasteiger partial charge in [-0.2, -0.15) is 33.7 Å². The van der Waals surface area contributed by atoms with Crippen molar-refractivity contribution in [1.29, 1.82) is 0 Å². The molecule has 0 spiro atoms. The molecule has 10 nitrogen and oxygen atoms in total. The van der Waals surface area contributed by atoms with Crippen LogP contribution in [-0.4, -0.2) is 33.7 Å². The first-order valence-electron chi connectivity index (χ1n) is 7.00. The molecule has 2 aromatic carbocycles.